The zero-order valence-electron chi connectivity index (χ0n) is 14.4. The van der Waals surface area contributed by atoms with Gasteiger partial charge in [-0.2, -0.15) is 0 Å². The second-order valence-corrected chi connectivity index (χ2v) is 7.22. The standard InChI is InChI=1S/C19H17ClN2O4S/c1-12-13(20)5-2-6-14(12)22-18(24)17(23)21-11-19(25,15-7-3-9-26-15)16-8-4-10-27-16/h2-10,25H,11H2,1H3,(H,21,23)(H,22,24). The van der Waals surface area contributed by atoms with Gasteiger partial charge in [0.1, 0.15) is 5.76 Å². The van der Waals surface area contributed by atoms with E-state index in [1.54, 1.807) is 54.8 Å². The second-order valence-electron chi connectivity index (χ2n) is 5.86. The molecule has 3 aromatic rings. The minimum Gasteiger partial charge on any atom is -0.466 e. The third-order valence-electron chi connectivity index (χ3n) is 4.08. The Bertz CT molecular complexity index is 905. The van der Waals surface area contributed by atoms with Gasteiger partial charge in [-0.25, -0.2) is 0 Å². The van der Waals surface area contributed by atoms with Gasteiger partial charge in [0.2, 0.25) is 0 Å². The number of furan rings is 1. The molecule has 0 aliphatic rings. The Kier molecular flexibility index (Phi) is 5.65. The summed E-state index contributed by atoms with van der Waals surface area (Å²) in [6.45, 7) is 1.52. The summed E-state index contributed by atoms with van der Waals surface area (Å²) in [7, 11) is 0. The molecule has 6 nitrogen and oxygen atoms in total. The summed E-state index contributed by atoms with van der Waals surface area (Å²) in [4.78, 5) is 25.0. The second kappa shape index (κ2) is 7.96. The summed E-state index contributed by atoms with van der Waals surface area (Å²) in [5.41, 5.74) is -0.465. The summed E-state index contributed by atoms with van der Waals surface area (Å²) in [5, 5.41) is 18.4. The highest BCUT2D eigenvalue weighted by Gasteiger charge is 2.36. The molecular formula is C19H17ClN2O4S. The van der Waals surface area contributed by atoms with Crippen molar-refractivity contribution in [3.63, 3.8) is 0 Å². The lowest BCUT2D eigenvalue weighted by Crippen LogP contribution is -2.44. The zero-order valence-corrected chi connectivity index (χ0v) is 15.9. The normalized spacial score (nSPS) is 13.0. The molecule has 0 fully saturated rings. The van der Waals surface area contributed by atoms with E-state index < -0.39 is 17.4 Å². The predicted octanol–water partition coefficient (Wildman–Crippen LogP) is 3.29. The fourth-order valence-electron chi connectivity index (χ4n) is 2.53. The third-order valence-corrected chi connectivity index (χ3v) is 5.51. The van der Waals surface area contributed by atoms with Gasteiger partial charge in [0, 0.05) is 15.6 Å². The third kappa shape index (κ3) is 4.05. The quantitative estimate of drug-likeness (QED) is 0.569. The van der Waals surface area contributed by atoms with E-state index in [0.29, 0.717) is 21.2 Å². The van der Waals surface area contributed by atoms with Crippen LogP contribution < -0.4 is 10.6 Å². The number of benzene rings is 1. The van der Waals surface area contributed by atoms with Crippen molar-refractivity contribution in [1.29, 1.82) is 0 Å². The number of amides is 2. The van der Waals surface area contributed by atoms with Crippen LogP contribution in [0.5, 0.6) is 0 Å². The van der Waals surface area contributed by atoms with Gasteiger partial charge in [0.15, 0.2) is 5.60 Å². The minimum absolute atomic E-state index is 0.220. The molecule has 0 radical (unpaired) electrons. The van der Waals surface area contributed by atoms with Gasteiger partial charge >= 0.3 is 11.8 Å². The molecule has 3 rings (SSSR count). The largest absolute Gasteiger partial charge is 0.466 e. The minimum atomic E-state index is -1.57. The molecule has 0 aliphatic heterocycles. The number of anilines is 1. The number of thiophene rings is 1. The van der Waals surface area contributed by atoms with Crippen molar-refractivity contribution < 1.29 is 19.1 Å². The highest BCUT2D eigenvalue weighted by molar-refractivity contribution is 7.10. The SMILES string of the molecule is Cc1c(Cl)cccc1NC(=O)C(=O)NCC(O)(c1ccco1)c1cccs1. The lowest BCUT2D eigenvalue weighted by molar-refractivity contribution is -0.136. The molecule has 0 aliphatic carbocycles. The Balaban J connectivity index is 1.71. The number of hydrogen-bond donors (Lipinski definition) is 3. The number of aliphatic hydroxyl groups is 1. The molecule has 8 heteroatoms. The van der Waals surface area contributed by atoms with Crippen molar-refractivity contribution in [2.24, 2.45) is 0 Å². The molecule has 1 unspecified atom stereocenters. The molecule has 27 heavy (non-hydrogen) atoms. The van der Waals surface area contributed by atoms with Crippen LogP contribution >= 0.6 is 22.9 Å². The fourth-order valence-corrected chi connectivity index (χ4v) is 3.54. The van der Waals surface area contributed by atoms with Gasteiger partial charge in [0.25, 0.3) is 0 Å². The summed E-state index contributed by atoms with van der Waals surface area (Å²) in [5.74, 6) is -1.46. The lowest BCUT2D eigenvalue weighted by Gasteiger charge is -2.25. The smallest absolute Gasteiger partial charge is 0.313 e. The van der Waals surface area contributed by atoms with Crippen LogP contribution in [0.3, 0.4) is 0 Å². The van der Waals surface area contributed by atoms with Gasteiger partial charge in [-0.05, 0) is 48.2 Å². The highest BCUT2D eigenvalue weighted by Crippen LogP contribution is 2.32. The molecule has 2 heterocycles. The van der Waals surface area contributed by atoms with Crippen molar-refractivity contribution in [3.05, 3.63) is 75.3 Å². The maximum absolute atomic E-state index is 12.2. The van der Waals surface area contributed by atoms with Crippen molar-refractivity contribution in [2.75, 3.05) is 11.9 Å². The van der Waals surface area contributed by atoms with Crippen molar-refractivity contribution in [1.82, 2.24) is 5.32 Å². The van der Waals surface area contributed by atoms with Crippen LogP contribution in [0.4, 0.5) is 5.69 Å². The Morgan fingerprint density at radius 3 is 2.67 bits per heavy atom. The monoisotopic (exact) mass is 404 g/mol. The van der Waals surface area contributed by atoms with Crippen molar-refractivity contribution in [2.45, 2.75) is 12.5 Å². The van der Waals surface area contributed by atoms with Gasteiger partial charge in [-0.1, -0.05) is 23.7 Å². The molecule has 0 saturated carbocycles. The summed E-state index contributed by atoms with van der Waals surface area (Å²) < 4.78 is 5.33. The van der Waals surface area contributed by atoms with Crippen LogP contribution in [0.1, 0.15) is 16.2 Å². The maximum atomic E-state index is 12.2. The Morgan fingerprint density at radius 2 is 2.00 bits per heavy atom. The summed E-state index contributed by atoms with van der Waals surface area (Å²) in [6.07, 6.45) is 1.43. The van der Waals surface area contributed by atoms with E-state index in [-0.39, 0.29) is 12.3 Å². The maximum Gasteiger partial charge on any atom is 0.313 e. The van der Waals surface area contributed by atoms with E-state index in [1.165, 1.54) is 17.6 Å². The topological polar surface area (TPSA) is 91.6 Å². The molecule has 1 aromatic carbocycles. The van der Waals surface area contributed by atoms with E-state index >= 15 is 0 Å². The Hall–Kier alpha value is -2.61. The van der Waals surface area contributed by atoms with Crippen molar-refractivity contribution >= 4 is 40.4 Å². The molecule has 140 valence electrons. The van der Waals surface area contributed by atoms with Gasteiger partial charge in [-0.15, -0.1) is 11.3 Å². The zero-order chi connectivity index (χ0) is 19.4. The van der Waals surface area contributed by atoms with E-state index in [0.717, 1.165) is 0 Å². The van der Waals surface area contributed by atoms with E-state index in [9.17, 15) is 14.7 Å². The van der Waals surface area contributed by atoms with Crippen LogP contribution in [0.15, 0.2) is 58.5 Å². The van der Waals surface area contributed by atoms with Crippen LogP contribution in [-0.2, 0) is 15.2 Å². The first kappa shape index (κ1) is 19.2. The molecule has 1 atom stereocenters. The highest BCUT2D eigenvalue weighted by atomic mass is 35.5. The van der Waals surface area contributed by atoms with Gasteiger partial charge in [0.05, 0.1) is 12.8 Å². The van der Waals surface area contributed by atoms with Crippen LogP contribution in [0, 0.1) is 6.92 Å². The van der Waals surface area contributed by atoms with Crippen LogP contribution in [-0.4, -0.2) is 23.5 Å². The van der Waals surface area contributed by atoms with Crippen LogP contribution in [0.25, 0.3) is 0 Å². The van der Waals surface area contributed by atoms with Gasteiger partial charge in [-0.3, -0.25) is 9.59 Å². The van der Waals surface area contributed by atoms with E-state index in [1.807, 2.05) is 0 Å². The van der Waals surface area contributed by atoms with E-state index in [4.69, 9.17) is 16.0 Å². The fraction of sp³-hybridized carbons (Fsp3) is 0.158. The first-order valence-electron chi connectivity index (χ1n) is 8.06. The molecule has 0 spiro atoms. The first-order valence-corrected chi connectivity index (χ1v) is 9.32. The van der Waals surface area contributed by atoms with Crippen LogP contribution in [0.2, 0.25) is 5.02 Å². The average molecular weight is 405 g/mol. The first-order chi connectivity index (χ1) is 12.9. The molecule has 2 amide bonds. The van der Waals surface area contributed by atoms with Gasteiger partial charge < -0.3 is 20.2 Å². The number of rotatable bonds is 5. The predicted molar refractivity (Wildman–Crippen MR) is 104 cm³/mol. The van der Waals surface area contributed by atoms with Crippen molar-refractivity contribution in [3.8, 4) is 0 Å². The van der Waals surface area contributed by atoms with E-state index in [2.05, 4.69) is 10.6 Å². The molecule has 0 saturated heterocycles. The molecular weight excluding hydrogens is 388 g/mol. The Morgan fingerprint density at radius 1 is 1.19 bits per heavy atom. The lowest BCUT2D eigenvalue weighted by atomic mass is 9.98. The number of halogens is 1. The summed E-state index contributed by atoms with van der Waals surface area (Å²) in [6, 6.07) is 11.8. The summed E-state index contributed by atoms with van der Waals surface area (Å²) >= 11 is 7.34. The molecule has 2 aromatic heterocycles. The number of hydrogen-bond acceptors (Lipinski definition) is 5. The molecule has 0 bridgehead atoms. The number of carbonyl (C=O) groups is 2. The number of carbonyl (C=O) groups excluding carboxylic acids is 2. The molecule has 3 N–H and O–H groups in total. The Labute approximate surface area is 164 Å². The number of nitrogens with one attached hydrogen (secondary N) is 2. The average Bonchev–Trinajstić information content (AvgIpc) is 3.37.